The molecule has 1 rings (SSSR count). The second kappa shape index (κ2) is 7.82. The first-order chi connectivity index (χ1) is 7.76. The standard InChI is InChI=1S/C13H21BrN2/c1-3-16(4-2)10-9-15-11-12-5-7-13(14)8-6-12/h5-8,15H,3-4,9-11H2,1-2H3. The third kappa shape index (κ3) is 5.10. The van der Waals surface area contributed by atoms with Gasteiger partial charge in [0.2, 0.25) is 0 Å². The molecule has 1 aromatic carbocycles. The second-order valence-corrected chi connectivity index (χ2v) is 4.75. The van der Waals surface area contributed by atoms with Crippen molar-refractivity contribution < 1.29 is 0 Å². The zero-order valence-corrected chi connectivity index (χ0v) is 11.8. The molecule has 90 valence electrons. The van der Waals surface area contributed by atoms with Gasteiger partial charge in [-0.25, -0.2) is 0 Å². The van der Waals surface area contributed by atoms with Crippen molar-refractivity contribution in [2.45, 2.75) is 20.4 Å². The third-order valence-corrected chi connectivity index (χ3v) is 3.27. The van der Waals surface area contributed by atoms with Crippen LogP contribution in [0.1, 0.15) is 19.4 Å². The van der Waals surface area contributed by atoms with Crippen molar-refractivity contribution in [3.63, 3.8) is 0 Å². The van der Waals surface area contributed by atoms with Gasteiger partial charge in [0.1, 0.15) is 0 Å². The molecule has 0 fully saturated rings. The number of benzene rings is 1. The van der Waals surface area contributed by atoms with Crippen molar-refractivity contribution in [1.82, 2.24) is 10.2 Å². The van der Waals surface area contributed by atoms with E-state index < -0.39 is 0 Å². The van der Waals surface area contributed by atoms with Gasteiger partial charge in [0, 0.05) is 24.1 Å². The van der Waals surface area contributed by atoms with Gasteiger partial charge in [-0.05, 0) is 30.8 Å². The van der Waals surface area contributed by atoms with Crippen LogP contribution >= 0.6 is 15.9 Å². The molecule has 16 heavy (non-hydrogen) atoms. The van der Waals surface area contributed by atoms with Crippen molar-refractivity contribution in [3.8, 4) is 0 Å². The summed E-state index contributed by atoms with van der Waals surface area (Å²) in [7, 11) is 0. The molecule has 0 aromatic heterocycles. The van der Waals surface area contributed by atoms with E-state index in [1.165, 1.54) is 5.56 Å². The predicted octanol–water partition coefficient (Wildman–Crippen LogP) is 2.88. The predicted molar refractivity (Wildman–Crippen MR) is 73.6 cm³/mol. The van der Waals surface area contributed by atoms with Crippen molar-refractivity contribution in [2.24, 2.45) is 0 Å². The maximum Gasteiger partial charge on any atom is 0.0206 e. The Bertz CT molecular complexity index is 280. The lowest BCUT2D eigenvalue weighted by Gasteiger charge is -2.17. The Morgan fingerprint density at radius 1 is 1.12 bits per heavy atom. The highest BCUT2D eigenvalue weighted by atomic mass is 79.9. The molecule has 0 aliphatic carbocycles. The fourth-order valence-electron chi connectivity index (χ4n) is 1.61. The van der Waals surface area contributed by atoms with Crippen LogP contribution in [0.15, 0.2) is 28.7 Å². The van der Waals surface area contributed by atoms with Gasteiger partial charge in [0.25, 0.3) is 0 Å². The van der Waals surface area contributed by atoms with Gasteiger partial charge < -0.3 is 10.2 Å². The topological polar surface area (TPSA) is 15.3 Å². The smallest absolute Gasteiger partial charge is 0.0206 e. The molecule has 0 unspecified atom stereocenters. The van der Waals surface area contributed by atoms with E-state index in [0.717, 1.165) is 37.2 Å². The molecule has 0 aliphatic heterocycles. The van der Waals surface area contributed by atoms with E-state index >= 15 is 0 Å². The molecular formula is C13H21BrN2. The molecular weight excluding hydrogens is 264 g/mol. The van der Waals surface area contributed by atoms with Gasteiger partial charge in [-0.3, -0.25) is 0 Å². The van der Waals surface area contributed by atoms with Gasteiger partial charge in [-0.1, -0.05) is 41.9 Å². The Kier molecular flexibility index (Phi) is 6.69. The van der Waals surface area contributed by atoms with Gasteiger partial charge in [-0.15, -0.1) is 0 Å². The summed E-state index contributed by atoms with van der Waals surface area (Å²) >= 11 is 3.44. The van der Waals surface area contributed by atoms with E-state index in [2.05, 4.69) is 64.3 Å². The molecule has 0 atom stereocenters. The number of rotatable bonds is 7. The molecule has 3 heteroatoms. The van der Waals surface area contributed by atoms with E-state index in [0.29, 0.717) is 0 Å². The molecule has 0 heterocycles. The van der Waals surface area contributed by atoms with Crippen molar-refractivity contribution in [2.75, 3.05) is 26.2 Å². The van der Waals surface area contributed by atoms with Crippen molar-refractivity contribution in [1.29, 1.82) is 0 Å². The van der Waals surface area contributed by atoms with Crippen molar-refractivity contribution in [3.05, 3.63) is 34.3 Å². The largest absolute Gasteiger partial charge is 0.311 e. The molecule has 0 saturated carbocycles. The monoisotopic (exact) mass is 284 g/mol. The van der Waals surface area contributed by atoms with Crippen LogP contribution in [0.3, 0.4) is 0 Å². The lowest BCUT2D eigenvalue weighted by Crippen LogP contribution is -2.31. The Balaban J connectivity index is 2.18. The fraction of sp³-hybridized carbons (Fsp3) is 0.538. The molecule has 0 aliphatic rings. The van der Waals surface area contributed by atoms with Crippen LogP contribution in [0.4, 0.5) is 0 Å². The average molecular weight is 285 g/mol. The first-order valence-electron chi connectivity index (χ1n) is 5.93. The molecule has 0 saturated heterocycles. The van der Waals surface area contributed by atoms with Crippen LogP contribution < -0.4 is 5.32 Å². The number of hydrogen-bond donors (Lipinski definition) is 1. The Morgan fingerprint density at radius 2 is 1.75 bits per heavy atom. The Morgan fingerprint density at radius 3 is 2.31 bits per heavy atom. The van der Waals surface area contributed by atoms with E-state index in [1.54, 1.807) is 0 Å². The van der Waals surface area contributed by atoms with Gasteiger partial charge in [-0.2, -0.15) is 0 Å². The highest BCUT2D eigenvalue weighted by Gasteiger charge is 1.97. The maximum atomic E-state index is 3.46. The zero-order valence-electron chi connectivity index (χ0n) is 10.2. The van der Waals surface area contributed by atoms with E-state index in [-0.39, 0.29) is 0 Å². The summed E-state index contributed by atoms with van der Waals surface area (Å²) in [5, 5.41) is 3.46. The normalized spacial score (nSPS) is 11.0. The summed E-state index contributed by atoms with van der Waals surface area (Å²) in [6, 6.07) is 8.46. The molecule has 0 amide bonds. The Hall–Kier alpha value is -0.380. The second-order valence-electron chi connectivity index (χ2n) is 3.83. The first-order valence-corrected chi connectivity index (χ1v) is 6.73. The van der Waals surface area contributed by atoms with E-state index in [1.807, 2.05) is 0 Å². The molecule has 1 aromatic rings. The molecule has 2 nitrogen and oxygen atoms in total. The lowest BCUT2D eigenvalue weighted by molar-refractivity contribution is 0.302. The molecule has 0 bridgehead atoms. The lowest BCUT2D eigenvalue weighted by atomic mass is 10.2. The Labute approximate surface area is 107 Å². The number of hydrogen-bond acceptors (Lipinski definition) is 2. The van der Waals surface area contributed by atoms with Crippen LogP contribution in [0, 0.1) is 0 Å². The van der Waals surface area contributed by atoms with Gasteiger partial charge in [0.15, 0.2) is 0 Å². The molecule has 0 radical (unpaired) electrons. The molecule has 1 N–H and O–H groups in total. The fourth-order valence-corrected chi connectivity index (χ4v) is 1.88. The summed E-state index contributed by atoms with van der Waals surface area (Å²) < 4.78 is 1.14. The summed E-state index contributed by atoms with van der Waals surface area (Å²) in [5.41, 5.74) is 1.34. The average Bonchev–Trinajstić information content (AvgIpc) is 2.32. The third-order valence-electron chi connectivity index (χ3n) is 2.74. The minimum Gasteiger partial charge on any atom is -0.311 e. The van der Waals surface area contributed by atoms with Crippen LogP contribution in [0.25, 0.3) is 0 Å². The number of halogens is 1. The summed E-state index contributed by atoms with van der Waals surface area (Å²) in [4.78, 5) is 2.43. The van der Waals surface area contributed by atoms with E-state index in [4.69, 9.17) is 0 Å². The van der Waals surface area contributed by atoms with Gasteiger partial charge in [0.05, 0.1) is 0 Å². The SMILES string of the molecule is CCN(CC)CCNCc1ccc(Br)cc1. The van der Waals surface area contributed by atoms with Crippen LogP contribution in [-0.4, -0.2) is 31.1 Å². The summed E-state index contributed by atoms with van der Waals surface area (Å²) in [6.45, 7) is 9.82. The highest BCUT2D eigenvalue weighted by Crippen LogP contribution is 2.09. The number of nitrogens with one attached hydrogen (secondary N) is 1. The van der Waals surface area contributed by atoms with Crippen LogP contribution in [0.5, 0.6) is 0 Å². The van der Waals surface area contributed by atoms with Crippen LogP contribution in [-0.2, 0) is 6.54 Å². The molecule has 0 spiro atoms. The minimum atomic E-state index is 0.953. The highest BCUT2D eigenvalue weighted by molar-refractivity contribution is 9.10. The number of likely N-dealkylation sites (N-methyl/N-ethyl adjacent to an activating group) is 1. The van der Waals surface area contributed by atoms with Crippen molar-refractivity contribution >= 4 is 15.9 Å². The van der Waals surface area contributed by atoms with Crippen LogP contribution in [0.2, 0.25) is 0 Å². The zero-order chi connectivity index (χ0) is 11.8. The van der Waals surface area contributed by atoms with E-state index in [9.17, 15) is 0 Å². The van der Waals surface area contributed by atoms with Gasteiger partial charge >= 0.3 is 0 Å². The number of nitrogens with zero attached hydrogens (tertiary/aromatic N) is 1. The summed E-state index contributed by atoms with van der Waals surface area (Å²) in [5.74, 6) is 0. The first kappa shape index (κ1) is 13.7. The quantitative estimate of drug-likeness (QED) is 0.775. The summed E-state index contributed by atoms with van der Waals surface area (Å²) in [6.07, 6.45) is 0. The minimum absolute atomic E-state index is 0.953. The maximum absolute atomic E-state index is 3.46.